The third kappa shape index (κ3) is 3.82. The molecule has 146 valence electrons. The van der Waals surface area contributed by atoms with Gasteiger partial charge in [-0.15, -0.1) is 0 Å². The molecular formula is C20H20N2O5S. The van der Waals surface area contributed by atoms with Gasteiger partial charge in [-0.3, -0.25) is 14.5 Å². The number of ether oxygens (including phenoxy) is 2. The van der Waals surface area contributed by atoms with Crippen molar-refractivity contribution in [3.63, 3.8) is 0 Å². The number of carbonyl (C=O) groups excluding carboxylic acids is 3. The number of rotatable bonds is 6. The number of nitrogens with zero attached hydrogens (tertiary/aromatic N) is 2. The molecular weight excluding hydrogens is 380 g/mol. The average molecular weight is 400 g/mol. The lowest BCUT2D eigenvalue weighted by molar-refractivity contribution is -0.150. The topological polar surface area (TPSA) is 77.8 Å². The van der Waals surface area contributed by atoms with Gasteiger partial charge in [-0.2, -0.15) is 0 Å². The number of benzene rings is 1. The summed E-state index contributed by atoms with van der Waals surface area (Å²) in [6.45, 7) is 3.34. The lowest BCUT2D eigenvalue weighted by atomic mass is 10.2. The van der Waals surface area contributed by atoms with Crippen LogP contribution in [0.15, 0.2) is 47.5 Å². The average Bonchev–Trinajstić information content (AvgIpc) is 3.26. The summed E-state index contributed by atoms with van der Waals surface area (Å²) in [4.78, 5) is 38.1. The molecule has 1 aromatic carbocycles. The van der Waals surface area contributed by atoms with Crippen LogP contribution >= 0.6 is 11.8 Å². The van der Waals surface area contributed by atoms with Crippen LogP contribution in [0.4, 0.5) is 4.79 Å². The second-order valence-electron chi connectivity index (χ2n) is 5.98. The number of amides is 2. The van der Waals surface area contributed by atoms with Crippen molar-refractivity contribution < 1.29 is 23.9 Å². The molecule has 3 rings (SSSR count). The molecule has 0 bridgehead atoms. The van der Waals surface area contributed by atoms with Gasteiger partial charge in [0.05, 0.1) is 18.6 Å². The minimum atomic E-state index is -0.966. The van der Waals surface area contributed by atoms with E-state index in [2.05, 4.69) is 0 Å². The predicted octanol–water partition coefficient (Wildman–Crippen LogP) is 3.47. The minimum Gasteiger partial charge on any atom is -0.497 e. The van der Waals surface area contributed by atoms with Gasteiger partial charge in [-0.25, -0.2) is 4.79 Å². The van der Waals surface area contributed by atoms with E-state index < -0.39 is 23.2 Å². The maximum Gasteiger partial charge on any atom is 0.329 e. The highest BCUT2D eigenvalue weighted by Gasteiger charge is 2.41. The van der Waals surface area contributed by atoms with Gasteiger partial charge in [0, 0.05) is 17.6 Å². The van der Waals surface area contributed by atoms with Crippen LogP contribution in [0.25, 0.3) is 11.8 Å². The van der Waals surface area contributed by atoms with Crippen LogP contribution in [-0.4, -0.2) is 46.3 Å². The molecule has 0 aliphatic carbocycles. The molecule has 0 N–H and O–H groups in total. The Morgan fingerprint density at radius 2 is 1.93 bits per heavy atom. The molecule has 1 aliphatic heterocycles. The van der Waals surface area contributed by atoms with Crippen LogP contribution in [0.3, 0.4) is 0 Å². The van der Waals surface area contributed by atoms with E-state index in [4.69, 9.17) is 9.47 Å². The summed E-state index contributed by atoms with van der Waals surface area (Å²) in [5, 5.41) is -0.487. The van der Waals surface area contributed by atoms with E-state index in [1.54, 1.807) is 20.1 Å². The minimum absolute atomic E-state index is 0.185. The summed E-state index contributed by atoms with van der Waals surface area (Å²) in [5.41, 5.74) is 1.62. The number of esters is 1. The van der Waals surface area contributed by atoms with Crippen molar-refractivity contribution in [3.8, 4) is 11.4 Å². The van der Waals surface area contributed by atoms with Gasteiger partial charge in [0.25, 0.3) is 11.1 Å². The Labute approximate surface area is 166 Å². The van der Waals surface area contributed by atoms with Gasteiger partial charge in [0.2, 0.25) is 0 Å². The van der Waals surface area contributed by atoms with Crippen molar-refractivity contribution in [3.05, 3.63) is 53.2 Å². The molecule has 2 aromatic rings. The van der Waals surface area contributed by atoms with E-state index in [0.717, 1.165) is 33.8 Å². The summed E-state index contributed by atoms with van der Waals surface area (Å²) in [6.07, 6.45) is 3.51. The van der Waals surface area contributed by atoms with Crippen molar-refractivity contribution in [2.75, 3.05) is 13.7 Å². The Balaban J connectivity index is 1.87. The van der Waals surface area contributed by atoms with Gasteiger partial charge < -0.3 is 14.0 Å². The molecule has 28 heavy (non-hydrogen) atoms. The first-order valence-corrected chi connectivity index (χ1v) is 9.53. The van der Waals surface area contributed by atoms with Gasteiger partial charge in [-0.05, 0) is 68.1 Å². The number of hydrogen-bond acceptors (Lipinski definition) is 6. The number of hydrogen-bond donors (Lipinski definition) is 0. The van der Waals surface area contributed by atoms with E-state index in [0.29, 0.717) is 0 Å². The van der Waals surface area contributed by atoms with Gasteiger partial charge in [-0.1, -0.05) is 0 Å². The highest BCUT2D eigenvalue weighted by atomic mass is 32.2. The molecule has 8 heteroatoms. The van der Waals surface area contributed by atoms with Crippen molar-refractivity contribution in [2.24, 2.45) is 0 Å². The first-order chi connectivity index (χ1) is 13.5. The fraction of sp³-hybridized carbons (Fsp3) is 0.250. The van der Waals surface area contributed by atoms with E-state index in [-0.39, 0.29) is 11.5 Å². The summed E-state index contributed by atoms with van der Waals surface area (Å²) >= 11 is 0.811. The Bertz CT molecular complexity index is 932. The number of imide groups is 1. The second kappa shape index (κ2) is 8.35. The number of aromatic nitrogens is 1. The number of methoxy groups -OCH3 is 1. The Kier molecular flexibility index (Phi) is 5.89. The molecule has 1 atom stereocenters. The van der Waals surface area contributed by atoms with Crippen LogP contribution in [0.2, 0.25) is 0 Å². The van der Waals surface area contributed by atoms with Crippen molar-refractivity contribution >= 4 is 35.0 Å². The molecule has 0 saturated carbocycles. The lowest BCUT2D eigenvalue weighted by Crippen LogP contribution is -2.42. The zero-order chi connectivity index (χ0) is 20.3. The fourth-order valence-corrected chi connectivity index (χ4v) is 3.70. The summed E-state index contributed by atoms with van der Waals surface area (Å²) in [5.74, 6) is -0.364. The molecule has 1 fully saturated rings. The molecule has 2 amide bonds. The fourth-order valence-electron chi connectivity index (χ4n) is 2.81. The first kappa shape index (κ1) is 19.8. The van der Waals surface area contributed by atoms with Gasteiger partial charge in [0.15, 0.2) is 0 Å². The third-order valence-corrected chi connectivity index (χ3v) is 5.13. The normalized spacial score (nSPS) is 16.5. The zero-order valence-corrected chi connectivity index (χ0v) is 16.6. The van der Waals surface area contributed by atoms with Crippen molar-refractivity contribution in [1.82, 2.24) is 9.47 Å². The Hall–Kier alpha value is -3.00. The Morgan fingerprint density at radius 1 is 1.21 bits per heavy atom. The summed E-state index contributed by atoms with van der Waals surface area (Å²) < 4.78 is 12.0. The summed E-state index contributed by atoms with van der Waals surface area (Å²) in [7, 11) is 1.60. The predicted molar refractivity (Wildman–Crippen MR) is 106 cm³/mol. The SMILES string of the molecule is CCOC(=O)[C@H](C)N1C(=O)S/C(=C/c2cccn2-c2ccc(OC)cc2)C1=O. The standard InChI is InChI=1S/C20H20N2O5S/c1-4-27-19(24)13(2)22-18(23)17(28-20(22)25)12-15-6-5-11-21(15)14-7-9-16(26-3)10-8-14/h5-13H,4H2,1-3H3/b17-12+/t13-/m0/s1. The largest absolute Gasteiger partial charge is 0.497 e. The summed E-state index contributed by atoms with van der Waals surface area (Å²) in [6, 6.07) is 10.2. The van der Waals surface area contributed by atoms with Crippen LogP contribution in [-0.2, 0) is 14.3 Å². The van der Waals surface area contributed by atoms with Crippen molar-refractivity contribution in [2.45, 2.75) is 19.9 Å². The van der Waals surface area contributed by atoms with Gasteiger partial charge in [0.1, 0.15) is 11.8 Å². The highest BCUT2D eigenvalue weighted by Crippen LogP contribution is 2.34. The van der Waals surface area contributed by atoms with Crippen LogP contribution in [0.1, 0.15) is 19.5 Å². The van der Waals surface area contributed by atoms with E-state index in [1.807, 2.05) is 47.2 Å². The van der Waals surface area contributed by atoms with E-state index in [9.17, 15) is 14.4 Å². The highest BCUT2D eigenvalue weighted by molar-refractivity contribution is 8.18. The van der Waals surface area contributed by atoms with Crippen LogP contribution in [0.5, 0.6) is 5.75 Å². The molecule has 0 spiro atoms. The lowest BCUT2D eigenvalue weighted by Gasteiger charge is -2.19. The molecule has 1 aromatic heterocycles. The number of carbonyl (C=O) groups is 3. The molecule has 1 aliphatic rings. The quantitative estimate of drug-likeness (QED) is 0.546. The first-order valence-electron chi connectivity index (χ1n) is 8.71. The van der Waals surface area contributed by atoms with E-state index in [1.165, 1.54) is 6.92 Å². The zero-order valence-electron chi connectivity index (χ0n) is 15.7. The van der Waals surface area contributed by atoms with Crippen LogP contribution < -0.4 is 4.74 Å². The number of thioether (sulfide) groups is 1. The molecule has 0 radical (unpaired) electrons. The molecule has 1 saturated heterocycles. The maximum absolute atomic E-state index is 12.7. The van der Waals surface area contributed by atoms with E-state index >= 15 is 0 Å². The monoisotopic (exact) mass is 400 g/mol. The third-order valence-electron chi connectivity index (χ3n) is 4.25. The van der Waals surface area contributed by atoms with Crippen LogP contribution in [0, 0.1) is 0 Å². The maximum atomic E-state index is 12.7. The smallest absolute Gasteiger partial charge is 0.329 e. The van der Waals surface area contributed by atoms with Gasteiger partial charge >= 0.3 is 5.97 Å². The van der Waals surface area contributed by atoms with Crippen molar-refractivity contribution in [1.29, 1.82) is 0 Å². The molecule has 2 heterocycles. The molecule has 7 nitrogen and oxygen atoms in total. The Morgan fingerprint density at radius 3 is 2.57 bits per heavy atom. The molecule has 0 unspecified atom stereocenters. The second-order valence-corrected chi connectivity index (χ2v) is 6.97.